The summed E-state index contributed by atoms with van der Waals surface area (Å²) in [5.41, 5.74) is 2.77. The number of thioether (sulfide) groups is 1. The van der Waals surface area contributed by atoms with Crippen LogP contribution in [0, 0.1) is 6.92 Å². The molecule has 0 bridgehead atoms. The molecular weight excluding hydrogens is 394 g/mol. The Morgan fingerprint density at radius 1 is 1.11 bits per heavy atom. The van der Waals surface area contributed by atoms with E-state index in [1.54, 1.807) is 12.5 Å². The van der Waals surface area contributed by atoms with Crippen molar-refractivity contribution in [2.24, 2.45) is 0 Å². The maximum absolute atomic E-state index is 12.0. The Hall–Kier alpha value is -3.11. The molecule has 3 aromatic heterocycles. The van der Waals surface area contributed by atoms with Gasteiger partial charge >= 0.3 is 0 Å². The molecule has 0 saturated heterocycles. The molecule has 0 fully saturated rings. The van der Waals surface area contributed by atoms with Crippen molar-refractivity contribution in [3.05, 3.63) is 60.1 Å². The van der Waals surface area contributed by atoms with E-state index in [9.17, 15) is 4.79 Å². The molecule has 140 valence electrons. The van der Waals surface area contributed by atoms with Crippen LogP contribution in [0.3, 0.4) is 0 Å². The number of aryl methyl sites for hydroxylation is 1. The smallest absolute Gasteiger partial charge is 0.236 e. The minimum absolute atomic E-state index is 0.151. The predicted octanol–water partition coefficient (Wildman–Crippen LogP) is 3.22. The van der Waals surface area contributed by atoms with Gasteiger partial charge in [-0.3, -0.25) is 10.1 Å². The minimum Gasteiger partial charge on any atom is -0.306 e. The van der Waals surface area contributed by atoms with Crippen LogP contribution >= 0.6 is 23.1 Å². The van der Waals surface area contributed by atoms with Crippen molar-refractivity contribution < 1.29 is 4.79 Å². The molecule has 3 heterocycles. The molecule has 0 aliphatic rings. The van der Waals surface area contributed by atoms with E-state index < -0.39 is 0 Å². The van der Waals surface area contributed by atoms with Gasteiger partial charge in [-0.1, -0.05) is 35.2 Å². The van der Waals surface area contributed by atoms with Crippen molar-refractivity contribution >= 4 is 34.1 Å². The van der Waals surface area contributed by atoms with E-state index in [-0.39, 0.29) is 11.7 Å². The lowest BCUT2D eigenvalue weighted by Gasteiger charge is -2.05. The topological polar surface area (TPSA) is 98.5 Å². The first-order valence-corrected chi connectivity index (χ1v) is 10.1. The van der Waals surface area contributed by atoms with Crippen LogP contribution in [0.4, 0.5) is 5.13 Å². The van der Waals surface area contributed by atoms with Gasteiger partial charge < -0.3 is 4.57 Å². The molecule has 0 radical (unpaired) electrons. The van der Waals surface area contributed by atoms with Crippen LogP contribution in [0.25, 0.3) is 16.9 Å². The summed E-state index contributed by atoms with van der Waals surface area (Å²) in [6, 6.07) is 11.7. The number of benzene rings is 1. The molecule has 8 nitrogen and oxygen atoms in total. The molecule has 1 aromatic carbocycles. The number of aromatic nitrogens is 6. The Kier molecular flexibility index (Phi) is 5.40. The zero-order valence-electron chi connectivity index (χ0n) is 14.8. The normalized spacial score (nSPS) is 10.8. The highest BCUT2D eigenvalue weighted by Crippen LogP contribution is 2.22. The van der Waals surface area contributed by atoms with E-state index >= 15 is 0 Å². The van der Waals surface area contributed by atoms with Crippen LogP contribution in [-0.4, -0.2) is 41.6 Å². The lowest BCUT2D eigenvalue weighted by molar-refractivity contribution is -0.113. The monoisotopic (exact) mass is 409 g/mol. The van der Waals surface area contributed by atoms with Gasteiger partial charge in [0.1, 0.15) is 10.0 Å². The second-order valence-corrected chi connectivity index (χ2v) is 7.91. The SMILES string of the molecule is Cc1nnc(NC(=O)CSc2ccc(-c3ccc(-n4ccnc4)cc3)nn2)s1. The van der Waals surface area contributed by atoms with Gasteiger partial charge in [-0.05, 0) is 31.2 Å². The first-order valence-electron chi connectivity index (χ1n) is 8.32. The number of hydrogen-bond acceptors (Lipinski definition) is 8. The third-order valence-corrected chi connectivity index (χ3v) is 5.40. The molecule has 28 heavy (non-hydrogen) atoms. The number of carbonyl (C=O) groups excluding carboxylic acids is 1. The third kappa shape index (κ3) is 4.41. The highest BCUT2D eigenvalue weighted by molar-refractivity contribution is 7.99. The Labute approximate surface area is 169 Å². The fourth-order valence-corrected chi connectivity index (χ4v) is 3.63. The van der Waals surface area contributed by atoms with E-state index in [1.165, 1.54) is 23.1 Å². The Balaban J connectivity index is 1.35. The van der Waals surface area contributed by atoms with Crippen molar-refractivity contribution in [1.82, 2.24) is 29.9 Å². The first-order chi connectivity index (χ1) is 13.7. The highest BCUT2D eigenvalue weighted by atomic mass is 32.2. The summed E-state index contributed by atoms with van der Waals surface area (Å²) in [6.07, 6.45) is 5.39. The molecule has 4 aromatic rings. The number of anilines is 1. The van der Waals surface area contributed by atoms with Crippen LogP contribution in [-0.2, 0) is 4.79 Å². The molecule has 1 N–H and O–H groups in total. The summed E-state index contributed by atoms with van der Waals surface area (Å²) in [5.74, 6) is 0.0776. The van der Waals surface area contributed by atoms with Gasteiger partial charge in [0.25, 0.3) is 0 Å². The van der Waals surface area contributed by atoms with Crippen LogP contribution in [0.2, 0.25) is 0 Å². The van der Waals surface area contributed by atoms with E-state index in [0.29, 0.717) is 10.2 Å². The molecule has 0 aliphatic heterocycles. The summed E-state index contributed by atoms with van der Waals surface area (Å²) in [6.45, 7) is 1.84. The molecule has 0 atom stereocenters. The zero-order valence-corrected chi connectivity index (χ0v) is 16.4. The summed E-state index contributed by atoms with van der Waals surface area (Å²) in [7, 11) is 0. The summed E-state index contributed by atoms with van der Waals surface area (Å²) >= 11 is 2.66. The molecule has 0 unspecified atom stereocenters. The minimum atomic E-state index is -0.151. The second-order valence-electron chi connectivity index (χ2n) is 5.74. The van der Waals surface area contributed by atoms with E-state index in [1.807, 2.05) is 54.1 Å². The number of hydrogen-bond donors (Lipinski definition) is 1. The van der Waals surface area contributed by atoms with E-state index in [4.69, 9.17) is 0 Å². The molecule has 1 amide bonds. The Bertz CT molecular complexity index is 1060. The standard InChI is InChI=1S/C18H15N7OS2/c1-12-21-24-18(28-12)20-16(26)10-27-17-7-6-15(22-23-17)13-2-4-14(5-3-13)25-9-8-19-11-25/h2-9,11H,10H2,1H3,(H,20,24,26). The Morgan fingerprint density at radius 3 is 2.61 bits per heavy atom. The van der Waals surface area contributed by atoms with E-state index in [0.717, 1.165) is 22.0 Å². The van der Waals surface area contributed by atoms with E-state index in [2.05, 4.69) is 30.7 Å². The van der Waals surface area contributed by atoms with Gasteiger partial charge in [-0.15, -0.1) is 20.4 Å². The maximum Gasteiger partial charge on any atom is 0.236 e. The third-order valence-electron chi connectivity index (χ3n) is 3.73. The highest BCUT2D eigenvalue weighted by Gasteiger charge is 2.09. The lowest BCUT2D eigenvalue weighted by Crippen LogP contribution is -2.14. The fraction of sp³-hybridized carbons (Fsp3) is 0.111. The first kappa shape index (κ1) is 18.3. The maximum atomic E-state index is 12.0. The van der Waals surface area contributed by atoms with Crippen LogP contribution in [0.1, 0.15) is 5.01 Å². The van der Waals surface area contributed by atoms with Crippen molar-refractivity contribution in [3.63, 3.8) is 0 Å². The molecule has 0 saturated carbocycles. The average molecular weight is 410 g/mol. The number of imidazole rings is 1. The van der Waals surface area contributed by atoms with Crippen LogP contribution < -0.4 is 5.32 Å². The van der Waals surface area contributed by atoms with Gasteiger partial charge in [-0.2, -0.15) is 0 Å². The predicted molar refractivity (Wildman–Crippen MR) is 109 cm³/mol. The number of rotatable bonds is 6. The average Bonchev–Trinajstić information content (AvgIpc) is 3.39. The number of carbonyl (C=O) groups is 1. The lowest BCUT2D eigenvalue weighted by atomic mass is 10.1. The Morgan fingerprint density at radius 2 is 1.96 bits per heavy atom. The molecular formula is C18H15N7OS2. The molecule has 0 aliphatic carbocycles. The van der Waals surface area contributed by atoms with Gasteiger partial charge in [0.2, 0.25) is 11.0 Å². The quantitative estimate of drug-likeness (QED) is 0.488. The van der Waals surface area contributed by atoms with Gasteiger partial charge in [-0.25, -0.2) is 4.98 Å². The summed E-state index contributed by atoms with van der Waals surface area (Å²) in [5, 5.41) is 20.9. The molecule has 4 rings (SSSR count). The van der Waals surface area contributed by atoms with Crippen molar-refractivity contribution in [1.29, 1.82) is 0 Å². The summed E-state index contributed by atoms with van der Waals surface area (Å²) < 4.78 is 1.93. The molecule has 0 spiro atoms. The van der Waals surface area contributed by atoms with Crippen molar-refractivity contribution in [3.8, 4) is 16.9 Å². The fourth-order valence-electron chi connectivity index (χ4n) is 2.41. The van der Waals surface area contributed by atoms with Crippen LogP contribution in [0.15, 0.2) is 60.1 Å². The zero-order chi connectivity index (χ0) is 19.3. The second kappa shape index (κ2) is 8.28. The number of nitrogens with zero attached hydrogens (tertiary/aromatic N) is 6. The van der Waals surface area contributed by atoms with Crippen molar-refractivity contribution in [2.75, 3.05) is 11.1 Å². The van der Waals surface area contributed by atoms with Crippen LogP contribution in [0.5, 0.6) is 0 Å². The number of nitrogens with one attached hydrogen (secondary N) is 1. The molecule has 10 heteroatoms. The summed E-state index contributed by atoms with van der Waals surface area (Å²) in [4.78, 5) is 16.0. The van der Waals surface area contributed by atoms with Gasteiger partial charge in [0.15, 0.2) is 0 Å². The van der Waals surface area contributed by atoms with Gasteiger partial charge in [0.05, 0.1) is 17.8 Å². The number of amides is 1. The van der Waals surface area contributed by atoms with Crippen molar-refractivity contribution in [2.45, 2.75) is 11.9 Å². The van der Waals surface area contributed by atoms with Gasteiger partial charge in [0, 0.05) is 23.6 Å². The largest absolute Gasteiger partial charge is 0.306 e.